The maximum absolute atomic E-state index is 13.3. The van der Waals surface area contributed by atoms with Crippen molar-refractivity contribution in [1.29, 1.82) is 0 Å². The van der Waals surface area contributed by atoms with Crippen molar-refractivity contribution in [3.05, 3.63) is 63.9 Å². The number of imide groups is 1. The highest BCUT2D eigenvalue weighted by atomic mass is 16.6. The third-order valence-electron chi connectivity index (χ3n) is 5.92. The van der Waals surface area contributed by atoms with Gasteiger partial charge >= 0.3 is 12.2 Å². The zero-order chi connectivity index (χ0) is 28.9. The lowest BCUT2D eigenvalue weighted by Crippen LogP contribution is -2.44. The zero-order valence-electron chi connectivity index (χ0n) is 23.9. The molecule has 2 heterocycles. The molecule has 9 nitrogen and oxygen atoms in total. The molecular formula is C30H35N3O6. The van der Waals surface area contributed by atoms with Crippen LogP contribution < -0.4 is 5.43 Å². The summed E-state index contributed by atoms with van der Waals surface area (Å²) in [5, 5.41) is 5.64. The van der Waals surface area contributed by atoms with Gasteiger partial charge in [0.25, 0.3) is 0 Å². The topological polar surface area (TPSA) is 104 Å². The highest BCUT2D eigenvalue weighted by molar-refractivity contribution is 5.91. The van der Waals surface area contributed by atoms with Crippen molar-refractivity contribution < 1.29 is 23.5 Å². The SMILES string of the molecule is Cc1cc(C(C)N(C(=O)OC(C)(C)C)C(=O)OC(C)(C)C)c2oc(-c3ccc4nn(C)cc4c3)cc(=O)c2c1. The van der Waals surface area contributed by atoms with Crippen molar-refractivity contribution >= 4 is 34.1 Å². The Morgan fingerprint density at radius 2 is 1.59 bits per heavy atom. The first kappa shape index (κ1) is 27.9. The number of aryl methyl sites for hydroxylation is 2. The summed E-state index contributed by atoms with van der Waals surface area (Å²) in [4.78, 5) is 40.8. The quantitative estimate of drug-likeness (QED) is 0.282. The van der Waals surface area contributed by atoms with Crippen LogP contribution in [0.2, 0.25) is 0 Å². The van der Waals surface area contributed by atoms with E-state index in [0.29, 0.717) is 22.3 Å². The summed E-state index contributed by atoms with van der Waals surface area (Å²) in [5.74, 6) is 0.358. The lowest BCUT2D eigenvalue weighted by atomic mass is 10.00. The van der Waals surface area contributed by atoms with Gasteiger partial charge in [-0.25, -0.2) is 14.5 Å². The van der Waals surface area contributed by atoms with Crippen molar-refractivity contribution in [3.63, 3.8) is 0 Å². The first-order valence-corrected chi connectivity index (χ1v) is 12.8. The van der Waals surface area contributed by atoms with E-state index in [4.69, 9.17) is 13.9 Å². The predicted octanol–water partition coefficient (Wildman–Crippen LogP) is 6.89. The number of hydrogen-bond acceptors (Lipinski definition) is 7. The fraction of sp³-hybridized carbons (Fsp3) is 0.400. The number of nitrogens with zero attached hydrogens (tertiary/aromatic N) is 3. The number of carbonyl (C=O) groups is 2. The summed E-state index contributed by atoms with van der Waals surface area (Å²) in [6.45, 7) is 13.8. The van der Waals surface area contributed by atoms with Gasteiger partial charge in [-0.2, -0.15) is 5.10 Å². The maximum atomic E-state index is 13.3. The van der Waals surface area contributed by atoms with Crippen molar-refractivity contribution in [2.45, 2.75) is 72.6 Å². The third kappa shape index (κ3) is 6.13. The van der Waals surface area contributed by atoms with E-state index in [2.05, 4.69) is 5.10 Å². The van der Waals surface area contributed by atoms with Crippen LogP contribution in [-0.2, 0) is 16.5 Å². The predicted molar refractivity (Wildman–Crippen MR) is 150 cm³/mol. The fourth-order valence-electron chi connectivity index (χ4n) is 4.34. The molecular weight excluding hydrogens is 498 g/mol. The number of ether oxygens (including phenoxy) is 2. The van der Waals surface area contributed by atoms with Gasteiger partial charge in [0, 0.05) is 35.8 Å². The standard InChI is InChI=1S/C30H35N3O6/c1-17-12-21(18(2)33(27(35)38-29(3,4)5)28(36)39-30(6,7)8)26-22(13-17)24(34)15-25(37-26)19-10-11-23-20(14-19)16-32(9)31-23/h10-16,18H,1-9H3. The Balaban J connectivity index is 1.88. The average Bonchev–Trinajstić information content (AvgIpc) is 3.15. The molecule has 0 aliphatic carbocycles. The van der Waals surface area contributed by atoms with Crippen molar-refractivity contribution in [2.75, 3.05) is 0 Å². The van der Waals surface area contributed by atoms with Crippen LogP contribution in [0.1, 0.15) is 65.6 Å². The molecule has 9 heteroatoms. The van der Waals surface area contributed by atoms with Crippen LogP contribution in [0.4, 0.5) is 9.59 Å². The summed E-state index contributed by atoms with van der Waals surface area (Å²) in [7, 11) is 1.84. The molecule has 0 fully saturated rings. The minimum atomic E-state index is -0.878. The van der Waals surface area contributed by atoms with Gasteiger partial charge in [0.15, 0.2) is 5.43 Å². The smallest absolute Gasteiger partial charge is 0.420 e. The summed E-state index contributed by atoms with van der Waals surface area (Å²) < 4.78 is 19.2. The van der Waals surface area contributed by atoms with Gasteiger partial charge in [0.05, 0.1) is 16.9 Å². The van der Waals surface area contributed by atoms with Crippen LogP contribution >= 0.6 is 0 Å². The average molecular weight is 534 g/mol. The number of fused-ring (bicyclic) bond motifs is 2. The summed E-state index contributed by atoms with van der Waals surface area (Å²) in [5.41, 5.74) is 1.10. The fourth-order valence-corrected chi connectivity index (χ4v) is 4.34. The monoisotopic (exact) mass is 533 g/mol. The Labute approximate surface area is 227 Å². The molecule has 1 atom stereocenters. The van der Waals surface area contributed by atoms with Gasteiger partial charge in [-0.15, -0.1) is 0 Å². The van der Waals surface area contributed by atoms with E-state index in [-0.39, 0.29) is 11.0 Å². The van der Waals surface area contributed by atoms with E-state index in [1.165, 1.54) is 6.07 Å². The molecule has 0 aliphatic heterocycles. The van der Waals surface area contributed by atoms with E-state index in [1.807, 2.05) is 38.4 Å². The number of rotatable bonds is 3. The minimum Gasteiger partial charge on any atom is -0.455 e. The number of carbonyl (C=O) groups excluding carboxylic acids is 2. The van der Waals surface area contributed by atoms with E-state index >= 15 is 0 Å². The maximum Gasteiger partial charge on any atom is 0.420 e. The molecule has 0 N–H and O–H groups in total. The van der Waals surface area contributed by atoms with Crippen molar-refractivity contribution in [3.8, 4) is 11.3 Å². The summed E-state index contributed by atoms with van der Waals surface area (Å²) in [6, 6.07) is 9.70. The van der Waals surface area contributed by atoms with Crippen LogP contribution in [0.3, 0.4) is 0 Å². The second-order valence-electron chi connectivity index (χ2n) is 11.8. The molecule has 1 unspecified atom stereocenters. The van der Waals surface area contributed by atoms with E-state index in [0.717, 1.165) is 21.4 Å². The first-order valence-electron chi connectivity index (χ1n) is 12.8. The van der Waals surface area contributed by atoms with Crippen LogP contribution in [0, 0.1) is 6.92 Å². The zero-order valence-corrected chi connectivity index (χ0v) is 23.9. The largest absolute Gasteiger partial charge is 0.455 e. The van der Waals surface area contributed by atoms with Crippen LogP contribution in [-0.4, -0.2) is 38.1 Å². The van der Waals surface area contributed by atoms with Gasteiger partial charge in [-0.05, 0) is 85.2 Å². The molecule has 0 aliphatic rings. The number of hydrogen-bond donors (Lipinski definition) is 0. The van der Waals surface area contributed by atoms with E-state index < -0.39 is 29.4 Å². The van der Waals surface area contributed by atoms with Gasteiger partial charge < -0.3 is 13.9 Å². The lowest BCUT2D eigenvalue weighted by molar-refractivity contribution is -0.00603. The molecule has 0 radical (unpaired) electrons. The molecule has 4 aromatic rings. The summed E-state index contributed by atoms with van der Waals surface area (Å²) in [6.07, 6.45) is 0.160. The molecule has 206 valence electrons. The Bertz CT molecular complexity index is 1610. The Kier molecular flexibility index (Phi) is 7.06. The van der Waals surface area contributed by atoms with Crippen LogP contribution in [0.15, 0.2) is 51.8 Å². The van der Waals surface area contributed by atoms with Crippen LogP contribution in [0.5, 0.6) is 0 Å². The molecule has 0 spiro atoms. The molecule has 0 saturated heterocycles. The Morgan fingerprint density at radius 1 is 0.974 bits per heavy atom. The third-order valence-corrected chi connectivity index (χ3v) is 5.92. The molecule has 2 aromatic carbocycles. The molecule has 39 heavy (non-hydrogen) atoms. The molecule has 4 rings (SSSR count). The number of benzene rings is 2. The van der Waals surface area contributed by atoms with E-state index in [1.54, 1.807) is 65.3 Å². The molecule has 2 amide bonds. The normalized spacial score (nSPS) is 12.9. The number of amides is 2. The van der Waals surface area contributed by atoms with E-state index in [9.17, 15) is 14.4 Å². The highest BCUT2D eigenvalue weighted by Gasteiger charge is 2.36. The summed E-state index contributed by atoms with van der Waals surface area (Å²) >= 11 is 0. The molecule has 0 saturated carbocycles. The van der Waals surface area contributed by atoms with Gasteiger partial charge in [0.2, 0.25) is 0 Å². The van der Waals surface area contributed by atoms with Gasteiger partial charge in [-0.1, -0.05) is 6.07 Å². The Hall–Kier alpha value is -4.14. The first-order chi connectivity index (χ1) is 18.0. The van der Waals surface area contributed by atoms with Crippen molar-refractivity contribution in [1.82, 2.24) is 14.7 Å². The van der Waals surface area contributed by atoms with Crippen LogP contribution in [0.25, 0.3) is 33.2 Å². The van der Waals surface area contributed by atoms with Gasteiger partial charge in [0.1, 0.15) is 22.5 Å². The second kappa shape index (κ2) is 9.87. The number of aromatic nitrogens is 2. The van der Waals surface area contributed by atoms with Gasteiger partial charge in [-0.3, -0.25) is 9.48 Å². The molecule has 0 bridgehead atoms. The van der Waals surface area contributed by atoms with Crippen molar-refractivity contribution in [2.24, 2.45) is 7.05 Å². The minimum absolute atomic E-state index is 0.240. The lowest BCUT2D eigenvalue weighted by Gasteiger charge is -2.32. The highest BCUT2D eigenvalue weighted by Crippen LogP contribution is 2.33. The second-order valence-corrected chi connectivity index (χ2v) is 11.8. The molecule has 2 aromatic heterocycles. The Morgan fingerprint density at radius 3 is 2.18 bits per heavy atom.